The minimum absolute atomic E-state index is 0.0947. The van der Waals surface area contributed by atoms with Crippen molar-refractivity contribution >= 4 is 57.6 Å². The van der Waals surface area contributed by atoms with E-state index in [2.05, 4.69) is 5.32 Å². The normalized spacial score (nSPS) is 14.6. The first kappa shape index (κ1) is 22.8. The van der Waals surface area contributed by atoms with Gasteiger partial charge in [-0.25, -0.2) is 0 Å². The number of carbonyl (C=O) groups is 2. The van der Waals surface area contributed by atoms with Crippen LogP contribution in [0.2, 0.25) is 0 Å². The lowest BCUT2D eigenvalue weighted by molar-refractivity contribution is -0.118. The Labute approximate surface area is 202 Å². The van der Waals surface area contributed by atoms with Crippen molar-refractivity contribution in [3.05, 3.63) is 94.4 Å². The topological polar surface area (TPSA) is 58.6 Å². The summed E-state index contributed by atoms with van der Waals surface area (Å²) in [6, 6.07) is 22.5. The molecule has 1 N–H and O–H groups in total. The number of amides is 2. The summed E-state index contributed by atoms with van der Waals surface area (Å²) in [5.41, 5.74) is 4.53. The first-order valence-corrected chi connectivity index (χ1v) is 11.6. The zero-order chi connectivity index (χ0) is 23.4. The van der Waals surface area contributed by atoms with E-state index in [1.54, 1.807) is 17.0 Å². The highest BCUT2D eigenvalue weighted by Crippen LogP contribution is 2.36. The Kier molecular flexibility index (Phi) is 6.91. The Morgan fingerprint density at radius 1 is 1.03 bits per heavy atom. The lowest BCUT2D eigenvalue weighted by Gasteiger charge is -2.14. The zero-order valence-corrected chi connectivity index (χ0v) is 19.8. The van der Waals surface area contributed by atoms with E-state index in [0.29, 0.717) is 15.0 Å². The summed E-state index contributed by atoms with van der Waals surface area (Å²) in [7, 11) is 0. The first-order chi connectivity index (χ1) is 15.9. The summed E-state index contributed by atoms with van der Waals surface area (Å²) in [5, 5.41) is 2.81. The van der Waals surface area contributed by atoms with Crippen LogP contribution in [0.3, 0.4) is 0 Å². The minimum Gasteiger partial charge on any atom is -0.484 e. The van der Waals surface area contributed by atoms with E-state index in [4.69, 9.17) is 17.0 Å². The van der Waals surface area contributed by atoms with E-state index in [0.717, 1.165) is 28.1 Å². The van der Waals surface area contributed by atoms with E-state index >= 15 is 0 Å². The first-order valence-electron chi connectivity index (χ1n) is 10.3. The van der Waals surface area contributed by atoms with Crippen molar-refractivity contribution in [2.24, 2.45) is 0 Å². The van der Waals surface area contributed by atoms with E-state index in [9.17, 15) is 9.59 Å². The minimum atomic E-state index is -0.232. The second-order valence-corrected chi connectivity index (χ2v) is 9.30. The molecule has 2 amide bonds. The molecule has 1 heterocycles. The van der Waals surface area contributed by atoms with Gasteiger partial charge in [0.15, 0.2) is 10.9 Å². The monoisotopic (exact) mass is 474 g/mol. The molecule has 0 bridgehead atoms. The lowest BCUT2D eigenvalue weighted by Crippen LogP contribution is -2.27. The van der Waals surface area contributed by atoms with Crippen molar-refractivity contribution in [3.63, 3.8) is 0 Å². The molecule has 7 heteroatoms. The van der Waals surface area contributed by atoms with E-state index < -0.39 is 0 Å². The van der Waals surface area contributed by atoms with Crippen molar-refractivity contribution in [1.82, 2.24) is 0 Å². The number of thioether (sulfide) groups is 1. The number of ether oxygens (including phenoxy) is 1. The lowest BCUT2D eigenvalue weighted by atomic mass is 10.2. The summed E-state index contributed by atoms with van der Waals surface area (Å²) in [4.78, 5) is 27.1. The molecular formula is C26H22N2O3S2. The molecule has 1 fully saturated rings. The van der Waals surface area contributed by atoms with Crippen LogP contribution in [0.5, 0.6) is 5.75 Å². The maximum Gasteiger partial charge on any atom is 0.270 e. The number of carbonyl (C=O) groups excluding carboxylic acids is 2. The van der Waals surface area contributed by atoms with Crippen LogP contribution in [0.1, 0.15) is 16.7 Å². The van der Waals surface area contributed by atoms with Crippen molar-refractivity contribution in [2.75, 3.05) is 16.8 Å². The molecule has 0 radical (unpaired) electrons. The van der Waals surface area contributed by atoms with Crippen molar-refractivity contribution < 1.29 is 14.3 Å². The molecule has 3 aromatic carbocycles. The third-order valence-electron chi connectivity index (χ3n) is 4.94. The Hall–Kier alpha value is -3.42. The summed E-state index contributed by atoms with van der Waals surface area (Å²) in [5.74, 6) is 0.199. The van der Waals surface area contributed by atoms with Crippen LogP contribution in [-0.4, -0.2) is 22.7 Å². The highest BCUT2D eigenvalue weighted by atomic mass is 32.2. The number of benzene rings is 3. The molecule has 33 heavy (non-hydrogen) atoms. The second kappa shape index (κ2) is 10.0. The zero-order valence-electron chi connectivity index (χ0n) is 18.2. The average Bonchev–Trinajstić information content (AvgIpc) is 3.07. The van der Waals surface area contributed by atoms with Gasteiger partial charge in [0.25, 0.3) is 11.8 Å². The van der Waals surface area contributed by atoms with Gasteiger partial charge in [0.2, 0.25) is 0 Å². The summed E-state index contributed by atoms with van der Waals surface area (Å²) in [6.45, 7) is 3.87. The van der Waals surface area contributed by atoms with Gasteiger partial charge in [0, 0.05) is 5.69 Å². The Morgan fingerprint density at radius 2 is 1.76 bits per heavy atom. The molecule has 5 nitrogen and oxygen atoms in total. The average molecular weight is 475 g/mol. The van der Waals surface area contributed by atoms with Gasteiger partial charge in [-0.3, -0.25) is 14.5 Å². The molecule has 3 aromatic rings. The van der Waals surface area contributed by atoms with Gasteiger partial charge in [-0.05, 0) is 67.4 Å². The fraction of sp³-hybridized carbons (Fsp3) is 0.115. The number of nitrogens with one attached hydrogen (secondary N) is 1. The van der Waals surface area contributed by atoms with Gasteiger partial charge in [0.05, 0.1) is 10.6 Å². The maximum absolute atomic E-state index is 12.9. The molecule has 0 aliphatic carbocycles. The molecule has 0 unspecified atom stereocenters. The van der Waals surface area contributed by atoms with Gasteiger partial charge in [-0.1, -0.05) is 65.9 Å². The summed E-state index contributed by atoms with van der Waals surface area (Å²) < 4.78 is 6.09. The van der Waals surface area contributed by atoms with Crippen LogP contribution < -0.4 is 15.0 Å². The highest BCUT2D eigenvalue weighted by Gasteiger charge is 2.33. The molecular weight excluding hydrogens is 452 g/mol. The standard InChI is InChI=1S/C26H22N2O3S2/c1-17-6-10-21(11-7-17)28-25(30)23(33-26(28)32)15-19-8-12-22(13-9-19)31-16-24(29)27-20-5-3-4-18(2)14-20/h3-15H,16H2,1-2H3,(H,27,29)/b23-15-. The predicted molar refractivity (Wildman–Crippen MR) is 139 cm³/mol. The molecule has 166 valence electrons. The van der Waals surface area contributed by atoms with Gasteiger partial charge < -0.3 is 10.1 Å². The number of thiocarbonyl (C=S) groups is 1. The van der Waals surface area contributed by atoms with E-state index in [1.807, 2.05) is 80.6 Å². The molecule has 1 saturated heterocycles. The quantitative estimate of drug-likeness (QED) is 0.365. The van der Waals surface area contributed by atoms with Crippen LogP contribution in [0.4, 0.5) is 11.4 Å². The number of hydrogen-bond donors (Lipinski definition) is 1. The molecule has 0 aromatic heterocycles. The van der Waals surface area contributed by atoms with Crippen molar-refractivity contribution in [1.29, 1.82) is 0 Å². The third kappa shape index (κ3) is 5.69. The Morgan fingerprint density at radius 3 is 2.45 bits per heavy atom. The Balaban J connectivity index is 1.37. The molecule has 1 aliphatic heterocycles. The summed E-state index contributed by atoms with van der Waals surface area (Å²) >= 11 is 6.71. The molecule has 1 aliphatic rings. The van der Waals surface area contributed by atoms with Crippen LogP contribution in [0.25, 0.3) is 6.08 Å². The van der Waals surface area contributed by atoms with Gasteiger partial charge in [0.1, 0.15) is 5.75 Å². The fourth-order valence-corrected chi connectivity index (χ4v) is 4.56. The van der Waals surface area contributed by atoms with Crippen molar-refractivity contribution in [2.45, 2.75) is 13.8 Å². The largest absolute Gasteiger partial charge is 0.484 e. The molecule has 4 rings (SSSR count). The number of anilines is 2. The number of nitrogens with zero attached hydrogens (tertiary/aromatic N) is 1. The number of aryl methyl sites for hydroxylation is 2. The predicted octanol–water partition coefficient (Wildman–Crippen LogP) is 5.73. The van der Waals surface area contributed by atoms with E-state index in [1.165, 1.54) is 11.8 Å². The molecule has 0 spiro atoms. The molecule has 0 saturated carbocycles. The van der Waals surface area contributed by atoms with Gasteiger partial charge in [-0.15, -0.1) is 0 Å². The maximum atomic E-state index is 12.9. The van der Waals surface area contributed by atoms with Crippen LogP contribution in [0, 0.1) is 13.8 Å². The Bertz CT molecular complexity index is 1240. The van der Waals surface area contributed by atoms with Crippen LogP contribution >= 0.6 is 24.0 Å². The summed E-state index contributed by atoms with van der Waals surface area (Å²) in [6.07, 6.45) is 1.81. The number of hydrogen-bond acceptors (Lipinski definition) is 5. The fourth-order valence-electron chi connectivity index (χ4n) is 3.26. The highest BCUT2D eigenvalue weighted by molar-refractivity contribution is 8.27. The smallest absolute Gasteiger partial charge is 0.270 e. The second-order valence-electron chi connectivity index (χ2n) is 7.63. The number of rotatable bonds is 6. The van der Waals surface area contributed by atoms with Crippen LogP contribution in [0.15, 0.2) is 77.7 Å². The van der Waals surface area contributed by atoms with Crippen LogP contribution in [-0.2, 0) is 9.59 Å². The molecule has 0 atom stereocenters. The van der Waals surface area contributed by atoms with Gasteiger partial charge >= 0.3 is 0 Å². The SMILES string of the molecule is Cc1ccc(N2C(=O)/C(=C/c3ccc(OCC(=O)Nc4cccc(C)c4)cc3)SC2=S)cc1. The van der Waals surface area contributed by atoms with Crippen molar-refractivity contribution in [3.8, 4) is 5.75 Å². The van der Waals surface area contributed by atoms with Gasteiger partial charge in [-0.2, -0.15) is 0 Å². The third-order valence-corrected chi connectivity index (χ3v) is 6.24. The van der Waals surface area contributed by atoms with E-state index in [-0.39, 0.29) is 18.4 Å².